The van der Waals surface area contributed by atoms with Gasteiger partial charge in [-0.15, -0.1) is 0 Å². The third kappa shape index (κ3) is 4.08. The minimum Gasteiger partial charge on any atom is -0.382 e. The largest absolute Gasteiger partial charge is 0.382 e. The van der Waals surface area contributed by atoms with Crippen molar-refractivity contribution in [2.45, 2.75) is 45.3 Å². The van der Waals surface area contributed by atoms with Crippen molar-refractivity contribution in [3.63, 3.8) is 0 Å². The molecular formula is C13H22N4O2S. The maximum atomic E-state index is 12.1. The molecule has 7 heteroatoms. The van der Waals surface area contributed by atoms with Gasteiger partial charge in [-0.2, -0.15) is 0 Å². The molecule has 4 N–H and O–H groups in total. The molecule has 1 amide bonds. The predicted octanol–water partition coefficient (Wildman–Crippen LogP) is 1.84. The summed E-state index contributed by atoms with van der Waals surface area (Å²) in [5.41, 5.74) is 5.70. The number of nitrogens with zero attached hydrogens (tertiary/aromatic N) is 1. The van der Waals surface area contributed by atoms with Crippen molar-refractivity contribution in [2.75, 3.05) is 24.2 Å². The fraction of sp³-hybridized carbons (Fsp3) is 0.692. The third-order valence-corrected chi connectivity index (χ3v) is 3.84. The molecule has 0 aliphatic carbocycles. The minimum absolute atomic E-state index is 0.115. The number of carbonyl (C=O) groups is 1. The lowest BCUT2D eigenvalue weighted by molar-refractivity contribution is 0.0861. The Morgan fingerprint density at radius 3 is 2.90 bits per heavy atom. The summed E-state index contributed by atoms with van der Waals surface area (Å²) in [4.78, 5) is 16.7. The van der Waals surface area contributed by atoms with Crippen LogP contribution in [0.1, 0.15) is 43.3 Å². The van der Waals surface area contributed by atoms with Crippen molar-refractivity contribution in [2.24, 2.45) is 0 Å². The lowest BCUT2D eigenvalue weighted by atomic mass is 10.1. The number of thiazole rings is 1. The van der Waals surface area contributed by atoms with E-state index in [0.717, 1.165) is 19.4 Å². The molecule has 1 unspecified atom stereocenters. The van der Waals surface area contributed by atoms with Crippen molar-refractivity contribution in [1.29, 1.82) is 0 Å². The number of nitrogen functional groups attached to an aromatic ring is 1. The molecule has 1 aromatic heterocycles. The number of aromatic nitrogens is 1. The highest BCUT2D eigenvalue weighted by Crippen LogP contribution is 2.27. The molecule has 1 atom stereocenters. The maximum Gasteiger partial charge on any atom is 0.265 e. The lowest BCUT2D eigenvalue weighted by Crippen LogP contribution is -2.31. The van der Waals surface area contributed by atoms with Gasteiger partial charge in [-0.3, -0.25) is 4.79 Å². The molecule has 1 fully saturated rings. The zero-order valence-corrected chi connectivity index (χ0v) is 13.0. The smallest absolute Gasteiger partial charge is 0.265 e. The second-order valence-corrected chi connectivity index (χ2v) is 6.95. The van der Waals surface area contributed by atoms with Crippen LogP contribution >= 0.6 is 11.3 Å². The van der Waals surface area contributed by atoms with E-state index < -0.39 is 0 Å². The van der Waals surface area contributed by atoms with Gasteiger partial charge in [0.25, 0.3) is 5.91 Å². The van der Waals surface area contributed by atoms with Gasteiger partial charge in [0.05, 0.1) is 6.10 Å². The molecule has 0 aromatic carbocycles. The average Bonchev–Trinajstić information content (AvgIpc) is 2.93. The van der Waals surface area contributed by atoms with Crippen LogP contribution < -0.4 is 16.4 Å². The standard InChI is InChI=1S/C13H22N4O2S/c1-13(2,3)17-12-16-10(14)9(20-12)11(18)15-7-8-5-4-6-19-8/h8H,4-7,14H2,1-3H3,(H,15,18)(H,16,17). The van der Waals surface area contributed by atoms with Crippen molar-refractivity contribution in [1.82, 2.24) is 10.3 Å². The fourth-order valence-corrected chi connectivity index (χ4v) is 2.97. The van der Waals surface area contributed by atoms with E-state index in [0.29, 0.717) is 16.6 Å². The van der Waals surface area contributed by atoms with Gasteiger partial charge in [0.1, 0.15) is 10.7 Å². The van der Waals surface area contributed by atoms with Crippen LogP contribution in [0.25, 0.3) is 0 Å². The molecule has 2 heterocycles. The van der Waals surface area contributed by atoms with Crippen molar-refractivity contribution < 1.29 is 9.53 Å². The van der Waals surface area contributed by atoms with E-state index >= 15 is 0 Å². The quantitative estimate of drug-likeness (QED) is 0.789. The predicted molar refractivity (Wildman–Crippen MR) is 81.2 cm³/mol. The van der Waals surface area contributed by atoms with E-state index in [1.165, 1.54) is 11.3 Å². The molecule has 0 radical (unpaired) electrons. The molecular weight excluding hydrogens is 276 g/mol. The molecule has 1 aliphatic heterocycles. The number of ether oxygens (including phenoxy) is 1. The van der Waals surface area contributed by atoms with E-state index in [1.54, 1.807) is 0 Å². The zero-order chi connectivity index (χ0) is 14.8. The summed E-state index contributed by atoms with van der Waals surface area (Å²) in [5.74, 6) is 0.0871. The normalized spacial score (nSPS) is 19.1. The second kappa shape index (κ2) is 5.97. The van der Waals surface area contributed by atoms with Crippen LogP contribution in [0.15, 0.2) is 0 Å². The van der Waals surface area contributed by atoms with Gasteiger partial charge >= 0.3 is 0 Å². The first-order valence-electron chi connectivity index (χ1n) is 6.79. The number of hydrogen-bond donors (Lipinski definition) is 3. The van der Waals surface area contributed by atoms with Gasteiger partial charge in [-0.1, -0.05) is 11.3 Å². The minimum atomic E-state index is -0.183. The Labute approximate surface area is 123 Å². The summed E-state index contributed by atoms with van der Waals surface area (Å²) in [6, 6.07) is 0. The first-order valence-corrected chi connectivity index (χ1v) is 7.61. The highest BCUT2D eigenvalue weighted by molar-refractivity contribution is 7.18. The van der Waals surface area contributed by atoms with Crippen LogP contribution in [-0.2, 0) is 4.74 Å². The molecule has 20 heavy (non-hydrogen) atoms. The Kier molecular flexibility index (Phi) is 4.49. The second-order valence-electron chi connectivity index (χ2n) is 5.95. The van der Waals surface area contributed by atoms with Gasteiger partial charge in [-0.25, -0.2) is 4.98 Å². The Balaban J connectivity index is 1.95. The highest BCUT2D eigenvalue weighted by Gasteiger charge is 2.21. The van der Waals surface area contributed by atoms with Crippen molar-refractivity contribution >= 4 is 28.2 Å². The summed E-state index contributed by atoms with van der Waals surface area (Å²) in [7, 11) is 0. The van der Waals surface area contributed by atoms with Crippen LogP contribution in [0.5, 0.6) is 0 Å². The van der Waals surface area contributed by atoms with E-state index in [1.807, 2.05) is 20.8 Å². The fourth-order valence-electron chi connectivity index (χ4n) is 1.96. The van der Waals surface area contributed by atoms with Crippen molar-refractivity contribution in [3.05, 3.63) is 4.88 Å². The number of anilines is 2. The van der Waals surface area contributed by atoms with Gasteiger partial charge in [0.2, 0.25) is 0 Å². The van der Waals surface area contributed by atoms with Crippen molar-refractivity contribution in [3.8, 4) is 0 Å². The van der Waals surface area contributed by atoms with E-state index in [2.05, 4.69) is 15.6 Å². The Hall–Kier alpha value is -1.34. The molecule has 1 saturated heterocycles. The topological polar surface area (TPSA) is 89.3 Å². The molecule has 112 valence electrons. The first kappa shape index (κ1) is 15.1. The SMILES string of the molecule is CC(C)(C)Nc1nc(N)c(C(=O)NCC2CCCO2)s1. The summed E-state index contributed by atoms with van der Waals surface area (Å²) >= 11 is 1.28. The molecule has 0 saturated carbocycles. The maximum absolute atomic E-state index is 12.1. The number of nitrogens with one attached hydrogen (secondary N) is 2. The molecule has 0 spiro atoms. The first-order chi connectivity index (χ1) is 9.35. The van der Waals surface area contributed by atoms with E-state index in [4.69, 9.17) is 10.5 Å². The molecule has 1 aliphatic rings. The third-order valence-electron chi connectivity index (χ3n) is 2.86. The average molecular weight is 298 g/mol. The Bertz CT molecular complexity index is 475. The van der Waals surface area contributed by atoms with Gasteiger partial charge < -0.3 is 21.1 Å². The molecule has 6 nitrogen and oxygen atoms in total. The van der Waals surface area contributed by atoms with Crippen LogP contribution in [-0.4, -0.2) is 35.7 Å². The number of hydrogen-bond acceptors (Lipinski definition) is 6. The summed E-state index contributed by atoms with van der Waals surface area (Å²) in [6.07, 6.45) is 2.18. The lowest BCUT2D eigenvalue weighted by Gasteiger charge is -2.19. The molecule has 0 bridgehead atoms. The van der Waals surface area contributed by atoms with Gasteiger partial charge in [-0.05, 0) is 33.6 Å². The summed E-state index contributed by atoms with van der Waals surface area (Å²) in [5, 5.41) is 6.74. The van der Waals surface area contributed by atoms with Crippen LogP contribution in [0.4, 0.5) is 10.9 Å². The van der Waals surface area contributed by atoms with E-state index in [9.17, 15) is 4.79 Å². The van der Waals surface area contributed by atoms with Crippen LogP contribution in [0, 0.1) is 0 Å². The van der Waals surface area contributed by atoms with E-state index in [-0.39, 0.29) is 23.4 Å². The Morgan fingerprint density at radius 2 is 2.30 bits per heavy atom. The summed E-state index contributed by atoms with van der Waals surface area (Å²) in [6.45, 7) is 7.40. The number of amides is 1. The molecule has 1 aromatic rings. The zero-order valence-electron chi connectivity index (χ0n) is 12.2. The van der Waals surface area contributed by atoms with Crippen LogP contribution in [0.2, 0.25) is 0 Å². The van der Waals surface area contributed by atoms with Gasteiger partial charge in [0.15, 0.2) is 5.13 Å². The highest BCUT2D eigenvalue weighted by atomic mass is 32.1. The Morgan fingerprint density at radius 1 is 1.55 bits per heavy atom. The van der Waals surface area contributed by atoms with Crippen LogP contribution in [0.3, 0.4) is 0 Å². The molecule has 2 rings (SSSR count). The number of rotatable bonds is 4. The monoisotopic (exact) mass is 298 g/mol. The summed E-state index contributed by atoms with van der Waals surface area (Å²) < 4.78 is 5.47. The number of nitrogens with two attached hydrogens (primary N) is 1. The number of carbonyl (C=O) groups excluding carboxylic acids is 1. The van der Waals surface area contributed by atoms with Gasteiger partial charge in [0, 0.05) is 18.7 Å².